The fourth-order valence-electron chi connectivity index (χ4n) is 6.65. The van der Waals surface area contributed by atoms with Crippen molar-refractivity contribution < 1.29 is 27.8 Å². The molecule has 5 rings (SSSR count). The van der Waals surface area contributed by atoms with Crippen LogP contribution in [-0.2, 0) is 11.2 Å². The minimum atomic E-state index is -2.92. The molecule has 0 aliphatic heterocycles. The standard InChI is InChI=1S/C28H30F2O4/c1-28-11-10-21-20-8-6-19(32-2)14-17(20)5-7-22(21)23(28)15-18(26(28)31)12-16-4-9-24(34-27(29)30)25(13-16)33-3/h4,6,8-9,12-14,21-23,27H,5,7,10-11,15H2,1-3H3/t21-,22-,23+,28+/m1/s1. The van der Waals surface area contributed by atoms with Crippen LogP contribution >= 0.6 is 0 Å². The van der Waals surface area contributed by atoms with E-state index >= 15 is 0 Å². The fraction of sp³-hybridized carbons (Fsp3) is 0.464. The highest BCUT2D eigenvalue weighted by atomic mass is 19.3. The minimum absolute atomic E-state index is 0.0154. The molecule has 34 heavy (non-hydrogen) atoms. The molecule has 0 radical (unpaired) electrons. The summed E-state index contributed by atoms with van der Waals surface area (Å²) in [5.74, 6) is 2.60. The third-order valence-corrected chi connectivity index (χ3v) is 8.32. The van der Waals surface area contributed by atoms with E-state index in [0.717, 1.165) is 49.0 Å². The van der Waals surface area contributed by atoms with Crippen molar-refractivity contribution in [2.24, 2.45) is 17.3 Å². The van der Waals surface area contributed by atoms with E-state index in [9.17, 15) is 13.6 Å². The van der Waals surface area contributed by atoms with E-state index in [1.807, 2.05) is 6.08 Å². The first kappa shape index (κ1) is 22.9. The topological polar surface area (TPSA) is 44.8 Å². The highest BCUT2D eigenvalue weighted by Gasteiger charge is 2.56. The van der Waals surface area contributed by atoms with Gasteiger partial charge in [-0.3, -0.25) is 4.79 Å². The summed E-state index contributed by atoms with van der Waals surface area (Å²) in [4.78, 5) is 13.6. The molecule has 2 saturated carbocycles. The number of ketones is 1. The van der Waals surface area contributed by atoms with Crippen LogP contribution in [0.25, 0.3) is 6.08 Å². The van der Waals surface area contributed by atoms with Crippen molar-refractivity contribution in [2.45, 2.75) is 51.6 Å². The van der Waals surface area contributed by atoms with Crippen LogP contribution < -0.4 is 14.2 Å². The van der Waals surface area contributed by atoms with Crippen molar-refractivity contribution in [2.75, 3.05) is 14.2 Å². The number of carbonyl (C=O) groups excluding carboxylic acids is 1. The van der Waals surface area contributed by atoms with Crippen LogP contribution in [0.1, 0.15) is 55.2 Å². The number of fused-ring (bicyclic) bond motifs is 5. The number of allylic oxidation sites excluding steroid dienone is 1. The van der Waals surface area contributed by atoms with Gasteiger partial charge in [-0.05, 0) is 102 Å². The average molecular weight is 469 g/mol. The molecule has 0 bridgehead atoms. The van der Waals surface area contributed by atoms with Crippen molar-refractivity contribution in [3.63, 3.8) is 0 Å². The molecule has 0 aromatic heterocycles. The van der Waals surface area contributed by atoms with Gasteiger partial charge in [-0.1, -0.05) is 19.1 Å². The Hall–Kier alpha value is -2.89. The predicted molar refractivity (Wildman–Crippen MR) is 126 cm³/mol. The predicted octanol–water partition coefficient (Wildman–Crippen LogP) is 6.42. The number of alkyl halides is 2. The molecule has 6 heteroatoms. The van der Waals surface area contributed by atoms with Gasteiger partial charge in [0.05, 0.1) is 14.2 Å². The molecule has 4 nitrogen and oxygen atoms in total. The Labute approximate surface area is 198 Å². The molecule has 180 valence electrons. The van der Waals surface area contributed by atoms with E-state index in [4.69, 9.17) is 9.47 Å². The molecule has 0 N–H and O–H groups in total. The highest BCUT2D eigenvalue weighted by Crippen LogP contribution is 2.61. The summed E-state index contributed by atoms with van der Waals surface area (Å²) < 4.78 is 40.5. The molecule has 2 fully saturated rings. The number of hydrogen-bond acceptors (Lipinski definition) is 4. The Kier molecular flexibility index (Phi) is 5.86. The fourth-order valence-corrected chi connectivity index (χ4v) is 6.65. The molecular weight excluding hydrogens is 438 g/mol. The lowest BCUT2D eigenvalue weighted by molar-refractivity contribution is -0.127. The van der Waals surface area contributed by atoms with E-state index in [-0.39, 0.29) is 22.7 Å². The number of rotatable bonds is 5. The second-order valence-corrected chi connectivity index (χ2v) is 9.93. The van der Waals surface area contributed by atoms with Gasteiger partial charge < -0.3 is 14.2 Å². The number of hydrogen-bond donors (Lipinski definition) is 0. The van der Waals surface area contributed by atoms with E-state index in [0.29, 0.717) is 17.8 Å². The lowest BCUT2D eigenvalue weighted by Crippen LogP contribution is -2.42. The zero-order valence-electron chi connectivity index (χ0n) is 19.8. The molecule has 0 amide bonds. The normalized spacial score (nSPS) is 28.9. The Morgan fingerprint density at radius 2 is 1.88 bits per heavy atom. The Morgan fingerprint density at radius 1 is 1.06 bits per heavy atom. The lowest BCUT2D eigenvalue weighted by atomic mass is 9.55. The lowest BCUT2D eigenvalue weighted by Gasteiger charge is -2.48. The maximum atomic E-state index is 13.6. The second-order valence-electron chi connectivity index (χ2n) is 9.93. The molecule has 0 saturated heterocycles. The Bertz CT molecular complexity index is 1140. The number of aryl methyl sites for hydroxylation is 1. The van der Waals surface area contributed by atoms with Crippen LogP contribution in [-0.4, -0.2) is 26.6 Å². The molecular formula is C28H30F2O4. The minimum Gasteiger partial charge on any atom is -0.497 e. The van der Waals surface area contributed by atoms with Crippen LogP contribution in [0.4, 0.5) is 8.78 Å². The molecule has 3 aliphatic carbocycles. The highest BCUT2D eigenvalue weighted by molar-refractivity contribution is 6.06. The van der Waals surface area contributed by atoms with E-state index in [1.165, 1.54) is 24.3 Å². The average Bonchev–Trinajstić information content (AvgIpc) is 3.09. The van der Waals surface area contributed by atoms with Crippen molar-refractivity contribution >= 4 is 11.9 Å². The maximum Gasteiger partial charge on any atom is 0.387 e. The van der Waals surface area contributed by atoms with Crippen LogP contribution in [0.3, 0.4) is 0 Å². The summed E-state index contributed by atoms with van der Waals surface area (Å²) in [5, 5.41) is 0. The van der Waals surface area contributed by atoms with Gasteiger partial charge in [-0.2, -0.15) is 8.78 Å². The summed E-state index contributed by atoms with van der Waals surface area (Å²) >= 11 is 0. The summed E-state index contributed by atoms with van der Waals surface area (Å²) in [7, 11) is 3.12. The van der Waals surface area contributed by atoms with Crippen molar-refractivity contribution in [3.05, 3.63) is 58.7 Å². The summed E-state index contributed by atoms with van der Waals surface area (Å²) in [6.45, 7) is -0.784. The SMILES string of the molecule is COc1ccc2c(c1)CC[C@@H]1[C@@H]2CC[C@]2(C)C(=O)C(=Cc3ccc(OC(F)F)c(OC)c3)C[C@@H]12. The largest absolute Gasteiger partial charge is 0.497 e. The number of halogens is 2. The van der Waals surface area contributed by atoms with Crippen molar-refractivity contribution in [1.82, 2.24) is 0 Å². The quantitative estimate of drug-likeness (QED) is 0.475. The molecule has 0 unspecified atom stereocenters. The van der Waals surface area contributed by atoms with Gasteiger partial charge in [0, 0.05) is 5.41 Å². The smallest absolute Gasteiger partial charge is 0.387 e. The molecule has 4 atom stereocenters. The van der Waals surface area contributed by atoms with Gasteiger partial charge in [0.2, 0.25) is 0 Å². The van der Waals surface area contributed by atoms with Gasteiger partial charge in [-0.15, -0.1) is 0 Å². The molecule has 2 aromatic rings. The number of ether oxygens (including phenoxy) is 3. The summed E-state index contributed by atoms with van der Waals surface area (Å²) in [6, 6.07) is 11.2. The molecule has 3 aliphatic rings. The van der Waals surface area contributed by atoms with Gasteiger partial charge in [0.15, 0.2) is 17.3 Å². The van der Waals surface area contributed by atoms with E-state index < -0.39 is 6.61 Å². The molecule has 2 aromatic carbocycles. The van der Waals surface area contributed by atoms with Crippen LogP contribution in [0.2, 0.25) is 0 Å². The molecule has 0 spiro atoms. The Morgan fingerprint density at radius 3 is 2.62 bits per heavy atom. The van der Waals surface area contributed by atoms with Gasteiger partial charge in [0.25, 0.3) is 0 Å². The van der Waals surface area contributed by atoms with Gasteiger partial charge in [-0.25, -0.2) is 0 Å². The molecule has 0 heterocycles. The summed E-state index contributed by atoms with van der Waals surface area (Å²) in [6.07, 6.45) is 6.64. The third-order valence-electron chi connectivity index (χ3n) is 8.32. The van der Waals surface area contributed by atoms with E-state index in [1.54, 1.807) is 19.2 Å². The number of Topliss-reactive ketones (excluding diaryl/α,β-unsaturated/α-hetero) is 1. The number of carbonyl (C=O) groups is 1. The zero-order valence-corrected chi connectivity index (χ0v) is 19.8. The second kappa shape index (κ2) is 8.71. The van der Waals surface area contributed by atoms with Gasteiger partial charge in [0.1, 0.15) is 5.75 Å². The van der Waals surface area contributed by atoms with Crippen LogP contribution in [0.15, 0.2) is 42.0 Å². The van der Waals surface area contributed by atoms with E-state index in [2.05, 4.69) is 29.9 Å². The zero-order chi connectivity index (χ0) is 24.0. The first-order chi connectivity index (χ1) is 16.3. The Balaban J connectivity index is 1.43. The summed E-state index contributed by atoms with van der Waals surface area (Å²) in [5.41, 5.74) is 4.02. The third kappa shape index (κ3) is 3.77. The first-order valence-corrected chi connectivity index (χ1v) is 11.9. The monoisotopic (exact) mass is 468 g/mol. The number of methoxy groups -OCH3 is 2. The number of benzene rings is 2. The van der Waals surface area contributed by atoms with Crippen molar-refractivity contribution in [3.8, 4) is 17.2 Å². The van der Waals surface area contributed by atoms with Gasteiger partial charge >= 0.3 is 6.61 Å². The van der Waals surface area contributed by atoms with Crippen LogP contribution in [0.5, 0.6) is 17.2 Å². The maximum absolute atomic E-state index is 13.6. The van der Waals surface area contributed by atoms with Crippen LogP contribution in [0, 0.1) is 17.3 Å². The first-order valence-electron chi connectivity index (χ1n) is 11.9. The van der Waals surface area contributed by atoms with Crippen molar-refractivity contribution in [1.29, 1.82) is 0 Å².